The Balaban J connectivity index is 2.50. The third-order valence-electron chi connectivity index (χ3n) is 2.53. The van der Waals surface area contributed by atoms with Gasteiger partial charge in [0, 0.05) is 21.0 Å². The maximum Gasteiger partial charge on any atom is 0.141 e. The Morgan fingerprint density at radius 2 is 2.06 bits per heavy atom. The lowest BCUT2D eigenvalue weighted by atomic mass is 10.0. The Hall–Kier alpha value is -0.430. The summed E-state index contributed by atoms with van der Waals surface area (Å²) in [7, 11) is 1.50. The summed E-state index contributed by atoms with van der Waals surface area (Å²) in [4.78, 5) is 0.979. The average Bonchev–Trinajstić information content (AvgIpc) is 2.77. The van der Waals surface area contributed by atoms with E-state index < -0.39 is 0 Å². The molecule has 1 unspecified atom stereocenters. The van der Waals surface area contributed by atoms with Crippen LogP contribution in [-0.2, 0) is 0 Å². The van der Waals surface area contributed by atoms with Crippen LogP contribution in [0.4, 0.5) is 4.39 Å². The molecule has 0 saturated heterocycles. The van der Waals surface area contributed by atoms with Crippen molar-refractivity contribution in [2.75, 3.05) is 7.11 Å². The van der Waals surface area contributed by atoms with Crippen molar-refractivity contribution >= 4 is 43.2 Å². The summed E-state index contributed by atoms with van der Waals surface area (Å²) >= 11 is 8.16. The Morgan fingerprint density at radius 3 is 2.61 bits per heavy atom. The van der Waals surface area contributed by atoms with Gasteiger partial charge in [-0.1, -0.05) is 0 Å². The van der Waals surface area contributed by atoms with Gasteiger partial charge in [0.15, 0.2) is 0 Å². The van der Waals surface area contributed by atoms with Crippen molar-refractivity contribution in [2.24, 2.45) is 5.73 Å². The highest BCUT2D eigenvalue weighted by Crippen LogP contribution is 2.37. The van der Waals surface area contributed by atoms with Gasteiger partial charge in [0.25, 0.3) is 0 Å². The van der Waals surface area contributed by atoms with Crippen molar-refractivity contribution in [3.63, 3.8) is 0 Å². The molecule has 0 amide bonds. The molecule has 0 aliphatic rings. The van der Waals surface area contributed by atoms with Gasteiger partial charge < -0.3 is 10.5 Å². The Kier molecular flexibility index (Phi) is 4.42. The molecular formula is C12H10Br2FNOS. The maximum absolute atomic E-state index is 13.5. The molecule has 0 radical (unpaired) electrons. The van der Waals surface area contributed by atoms with Gasteiger partial charge in [-0.3, -0.25) is 0 Å². The number of thiophene rings is 1. The van der Waals surface area contributed by atoms with Crippen LogP contribution in [0.1, 0.15) is 16.5 Å². The zero-order valence-corrected chi connectivity index (χ0v) is 13.4. The minimum atomic E-state index is -0.368. The van der Waals surface area contributed by atoms with Crippen LogP contribution < -0.4 is 10.5 Å². The van der Waals surface area contributed by atoms with Crippen molar-refractivity contribution in [1.82, 2.24) is 0 Å². The SMILES string of the molecule is COc1cc(F)c(Br)cc1C(N)c1sccc1Br. The fourth-order valence-electron chi connectivity index (χ4n) is 1.63. The highest BCUT2D eigenvalue weighted by atomic mass is 79.9. The van der Waals surface area contributed by atoms with Crippen molar-refractivity contribution in [1.29, 1.82) is 0 Å². The predicted octanol–water partition coefficient (Wildman–Crippen LogP) is 4.47. The number of rotatable bonds is 3. The van der Waals surface area contributed by atoms with Crippen LogP contribution in [0.2, 0.25) is 0 Å². The summed E-state index contributed by atoms with van der Waals surface area (Å²) in [6.07, 6.45) is 0. The van der Waals surface area contributed by atoms with Gasteiger partial charge in [-0.15, -0.1) is 11.3 Å². The number of hydrogen-bond donors (Lipinski definition) is 1. The number of hydrogen-bond acceptors (Lipinski definition) is 3. The van der Waals surface area contributed by atoms with Crippen LogP contribution in [0.3, 0.4) is 0 Å². The van der Waals surface area contributed by atoms with E-state index in [1.807, 2.05) is 11.4 Å². The first-order valence-corrected chi connectivity index (χ1v) is 7.52. The lowest BCUT2D eigenvalue weighted by Gasteiger charge is -2.16. The molecule has 18 heavy (non-hydrogen) atoms. The van der Waals surface area contributed by atoms with E-state index in [4.69, 9.17) is 10.5 Å². The molecule has 2 N–H and O–H groups in total. The van der Waals surface area contributed by atoms with Crippen LogP contribution in [-0.4, -0.2) is 7.11 Å². The monoisotopic (exact) mass is 393 g/mol. The summed E-state index contributed by atoms with van der Waals surface area (Å²) in [5, 5.41) is 1.95. The number of methoxy groups -OCH3 is 1. The summed E-state index contributed by atoms with van der Waals surface area (Å²) in [5.74, 6) is 0.0801. The predicted molar refractivity (Wildman–Crippen MR) is 78.7 cm³/mol. The second-order valence-corrected chi connectivity index (χ2v) is 6.28. The Labute approximate surface area is 125 Å². The number of benzene rings is 1. The summed E-state index contributed by atoms with van der Waals surface area (Å²) in [6.45, 7) is 0. The van der Waals surface area contributed by atoms with Crippen LogP contribution in [0, 0.1) is 5.82 Å². The lowest BCUT2D eigenvalue weighted by Crippen LogP contribution is -2.12. The minimum Gasteiger partial charge on any atom is -0.496 e. The van der Waals surface area contributed by atoms with Gasteiger partial charge in [-0.05, 0) is 49.4 Å². The molecule has 96 valence electrons. The maximum atomic E-state index is 13.5. The van der Waals surface area contributed by atoms with Gasteiger partial charge in [0.2, 0.25) is 0 Å². The molecule has 1 aromatic heterocycles. The molecule has 2 rings (SSSR count). The second kappa shape index (κ2) is 5.69. The normalized spacial score (nSPS) is 12.5. The van der Waals surface area contributed by atoms with E-state index in [0.717, 1.165) is 14.9 Å². The molecule has 0 aliphatic heterocycles. The highest BCUT2D eigenvalue weighted by Gasteiger charge is 2.19. The largest absolute Gasteiger partial charge is 0.496 e. The highest BCUT2D eigenvalue weighted by molar-refractivity contribution is 9.10. The smallest absolute Gasteiger partial charge is 0.141 e. The fraction of sp³-hybridized carbons (Fsp3) is 0.167. The van der Waals surface area contributed by atoms with Crippen molar-refractivity contribution < 1.29 is 9.13 Å². The summed E-state index contributed by atoms with van der Waals surface area (Å²) < 4.78 is 20.0. The van der Waals surface area contributed by atoms with Gasteiger partial charge in [0.1, 0.15) is 11.6 Å². The van der Waals surface area contributed by atoms with Crippen LogP contribution in [0.15, 0.2) is 32.5 Å². The van der Waals surface area contributed by atoms with E-state index in [0.29, 0.717) is 10.2 Å². The van der Waals surface area contributed by atoms with Gasteiger partial charge in [0.05, 0.1) is 17.6 Å². The first kappa shape index (κ1) is 14.0. The molecule has 1 heterocycles. The Bertz CT molecular complexity index is 573. The van der Waals surface area contributed by atoms with Crippen LogP contribution >= 0.6 is 43.2 Å². The molecule has 0 bridgehead atoms. The van der Waals surface area contributed by atoms with Crippen LogP contribution in [0.5, 0.6) is 5.75 Å². The molecule has 1 aromatic carbocycles. The number of nitrogens with two attached hydrogens (primary N) is 1. The van der Waals surface area contributed by atoms with Gasteiger partial charge in [-0.25, -0.2) is 4.39 Å². The third-order valence-corrected chi connectivity index (χ3v) is 5.10. The summed E-state index contributed by atoms with van der Waals surface area (Å²) in [6, 6.07) is 4.57. The molecule has 0 aliphatic carbocycles. The molecule has 2 nitrogen and oxygen atoms in total. The Morgan fingerprint density at radius 1 is 1.33 bits per heavy atom. The van der Waals surface area contributed by atoms with E-state index >= 15 is 0 Å². The topological polar surface area (TPSA) is 35.2 Å². The van der Waals surface area contributed by atoms with E-state index in [9.17, 15) is 4.39 Å². The van der Waals surface area contributed by atoms with Crippen molar-refractivity contribution in [2.45, 2.75) is 6.04 Å². The zero-order chi connectivity index (χ0) is 13.3. The van der Waals surface area contributed by atoms with E-state index in [1.165, 1.54) is 13.2 Å². The quantitative estimate of drug-likeness (QED) is 0.833. The van der Waals surface area contributed by atoms with E-state index in [2.05, 4.69) is 31.9 Å². The first-order chi connectivity index (χ1) is 8.54. The molecule has 0 spiro atoms. The molecular weight excluding hydrogens is 385 g/mol. The number of ether oxygens (including phenoxy) is 1. The fourth-order valence-corrected chi connectivity index (χ4v) is 3.63. The molecule has 0 fully saturated rings. The first-order valence-electron chi connectivity index (χ1n) is 5.06. The zero-order valence-electron chi connectivity index (χ0n) is 9.41. The van der Waals surface area contributed by atoms with Crippen molar-refractivity contribution in [3.8, 4) is 5.75 Å². The van der Waals surface area contributed by atoms with Crippen LogP contribution in [0.25, 0.3) is 0 Å². The lowest BCUT2D eigenvalue weighted by molar-refractivity contribution is 0.404. The van der Waals surface area contributed by atoms with Gasteiger partial charge in [-0.2, -0.15) is 0 Å². The number of halogens is 3. The van der Waals surface area contributed by atoms with Crippen molar-refractivity contribution in [3.05, 3.63) is 48.8 Å². The average molecular weight is 395 g/mol. The summed E-state index contributed by atoms with van der Waals surface area (Å²) in [5.41, 5.74) is 6.96. The minimum absolute atomic E-state index is 0.355. The molecule has 2 aromatic rings. The molecule has 6 heteroatoms. The van der Waals surface area contributed by atoms with E-state index in [1.54, 1.807) is 17.4 Å². The third kappa shape index (κ3) is 2.61. The standard InChI is InChI=1S/C12H10Br2FNOS/c1-17-10-5-9(15)8(14)4-6(10)11(16)12-7(13)2-3-18-12/h2-5,11H,16H2,1H3. The van der Waals surface area contributed by atoms with E-state index in [-0.39, 0.29) is 11.9 Å². The van der Waals surface area contributed by atoms with Gasteiger partial charge >= 0.3 is 0 Å². The molecule has 0 saturated carbocycles. The molecule has 1 atom stereocenters. The second-order valence-electron chi connectivity index (χ2n) is 3.62.